The molecule has 0 aromatic carbocycles. The number of aliphatic carboxylic acids is 2. The van der Waals surface area contributed by atoms with E-state index in [1.165, 1.54) is 0 Å². The largest absolute Gasteiger partial charge is 0.480 e. The number of amides is 2. The quantitative estimate of drug-likeness (QED) is 0.197. The first-order chi connectivity index (χ1) is 9.27. The molecule has 0 saturated heterocycles. The van der Waals surface area contributed by atoms with Crippen LogP contribution in [-0.4, -0.2) is 96.1 Å². The molecule has 0 saturated carbocycles. The van der Waals surface area contributed by atoms with Gasteiger partial charge in [0.1, 0.15) is 18.6 Å². The van der Waals surface area contributed by atoms with Crippen molar-refractivity contribution in [3.63, 3.8) is 0 Å². The van der Waals surface area contributed by atoms with Gasteiger partial charge >= 0.3 is 11.9 Å². The fourth-order valence-electron chi connectivity index (χ4n) is 1.16. The van der Waals surface area contributed by atoms with E-state index in [2.05, 4.69) is 23.3 Å². The van der Waals surface area contributed by atoms with Crippen molar-refractivity contribution in [3.8, 4) is 0 Å². The predicted octanol–water partition coefficient (Wildman–Crippen LogP) is -2.59. The third-order valence-electron chi connectivity index (χ3n) is 2.25. The summed E-state index contributed by atoms with van der Waals surface area (Å²) in [5, 5.41) is 21.4. The molecule has 9 nitrogen and oxygen atoms in total. The summed E-state index contributed by atoms with van der Waals surface area (Å²) in [5.74, 6) is -3.70. The minimum atomic E-state index is -1.22. The summed E-state index contributed by atoms with van der Waals surface area (Å²) in [5.41, 5.74) is 5.23. The van der Waals surface area contributed by atoms with Crippen molar-refractivity contribution in [1.82, 2.24) is 10.6 Å². The van der Waals surface area contributed by atoms with Gasteiger partial charge in [0.2, 0.25) is 11.8 Å². The van der Waals surface area contributed by atoms with Gasteiger partial charge in [-0.3, -0.25) is 19.2 Å². The topological polar surface area (TPSA) is 159 Å². The number of hydrogen-bond donors (Lipinski definition) is 6. The number of carbonyl (C=O) groups is 4. The molecule has 11 heteroatoms. The molecule has 6 N–H and O–H groups in total. The van der Waals surface area contributed by atoms with Gasteiger partial charge in [-0.1, -0.05) is 0 Å². The van der Waals surface area contributed by atoms with Crippen LogP contribution in [0.2, 0.25) is 0 Å². The smallest absolute Gasteiger partial charge is 0.322 e. The summed E-state index contributed by atoms with van der Waals surface area (Å²) in [6.07, 6.45) is -0.235. The Kier molecular flexibility index (Phi) is 13.0. The fraction of sp³-hybridized carbons (Fsp3) is 0.600. The summed E-state index contributed by atoms with van der Waals surface area (Å²) in [6, 6.07) is -2.15. The van der Waals surface area contributed by atoms with E-state index in [4.69, 9.17) is 15.9 Å². The van der Waals surface area contributed by atoms with Gasteiger partial charge in [-0.25, -0.2) is 0 Å². The van der Waals surface area contributed by atoms with Crippen molar-refractivity contribution in [1.29, 1.82) is 0 Å². The van der Waals surface area contributed by atoms with Gasteiger partial charge < -0.3 is 26.6 Å². The van der Waals surface area contributed by atoms with Crippen LogP contribution < -0.4 is 16.4 Å². The van der Waals surface area contributed by atoms with Crippen LogP contribution in [0.15, 0.2) is 0 Å². The number of carboxylic acids is 2. The minimum Gasteiger partial charge on any atom is -0.480 e. The first-order valence-corrected chi connectivity index (χ1v) is 6.29. The van der Waals surface area contributed by atoms with E-state index in [9.17, 15) is 19.2 Å². The zero-order chi connectivity index (χ0) is 15.7. The third-order valence-corrected chi connectivity index (χ3v) is 2.61. The molecule has 21 heavy (non-hydrogen) atoms. The summed E-state index contributed by atoms with van der Waals surface area (Å²) < 4.78 is 0. The van der Waals surface area contributed by atoms with Crippen LogP contribution in [0.3, 0.4) is 0 Å². The molecule has 2 amide bonds. The number of carboxylic acid groups (broad SMARTS) is 2. The van der Waals surface area contributed by atoms with E-state index in [1.807, 2.05) is 0 Å². The van der Waals surface area contributed by atoms with Crippen molar-refractivity contribution in [2.24, 2.45) is 5.73 Å². The number of nitrogens with one attached hydrogen (secondary N) is 2. The van der Waals surface area contributed by atoms with Crippen molar-refractivity contribution in [2.45, 2.75) is 24.9 Å². The Labute approximate surface area is 156 Å². The van der Waals surface area contributed by atoms with Crippen LogP contribution in [0.25, 0.3) is 0 Å². The maximum Gasteiger partial charge on any atom is 0.322 e. The number of nitrogens with two attached hydrogens (primary N) is 1. The molecule has 0 heterocycles. The molecule has 0 aliphatic carbocycles. The molecule has 2 atom stereocenters. The molecule has 0 bridgehead atoms. The van der Waals surface area contributed by atoms with Crippen LogP contribution in [-0.2, 0) is 19.2 Å². The Bertz CT molecular complexity index is 395. The molecular weight excluding hydrogens is 330 g/mol. The third kappa shape index (κ3) is 10.8. The van der Waals surface area contributed by atoms with Gasteiger partial charge in [-0.2, -0.15) is 12.6 Å². The van der Waals surface area contributed by atoms with E-state index in [0.717, 1.165) is 0 Å². The van der Waals surface area contributed by atoms with Crippen molar-refractivity contribution < 1.29 is 29.4 Å². The van der Waals surface area contributed by atoms with Gasteiger partial charge in [0.15, 0.2) is 0 Å². The molecule has 0 rings (SSSR count). The maximum absolute atomic E-state index is 11.5. The van der Waals surface area contributed by atoms with Crippen LogP contribution in [0.5, 0.6) is 0 Å². The summed E-state index contributed by atoms with van der Waals surface area (Å²) in [4.78, 5) is 43.7. The number of thiol groups is 1. The summed E-state index contributed by atoms with van der Waals surface area (Å²) in [7, 11) is 0. The molecule has 0 aromatic rings. The van der Waals surface area contributed by atoms with Gasteiger partial charge in [-0.15, -0.1) is 0 Å². The van der Waals surface area contributed by atoms with Crippen LogP contribution in [0, 0.1) is 0 Å². The minimum absolute atomic E-state index is 0. The molecular formula is C10H17CaN3O6S. The average Bonchev–Trinajstić information content (AvgIpc) is 2.38. The molecule has 116 valence electrons. The molecule has 0 unspecified atom stereocenters. The molecule has 0 aromatic heterocycles. The van der Waals surface area contributed by atoms with Crippen molar-refractivity contribution >= 4 is 74.1 Å². The predicted molar refractivity (Wildman–Crippen MR) is 77.0 cm³/mol. The Morgan fingerprint density at radius 3 is 2.19 bits per heavy atom. The van der Waals surface area contributed by atoms with Crippen LogP contribution in [0.4, 0.5) is 0 Å². The first-order valence-electron chi connectivity index (χ1n) is 5.66. The second-order valence-electron chi connectivity index (χ2n) is 3.90. The van der Waals surface area contributed by atoms with E-state index in [-0.39, 0.29) is 56.3 Å². The Morgan fingerprint density at radius 2 is 1.76 bits per heavy atom. The summed E-state index contributed by atoms with van der Waals surface area (Å²) >= 11 is 3.87. The summed E-state index contributed by atoms with van der Waals surface area (Å²) in [6.45, 7) is -0.567. The van der Waals surface area contributed by atoms with Crippen LogP contribution in [0.1, 0.15) is 12.8 Å². The Morgan fingerprint density at radius 1 is 1.19 bits per heavy atom. The molecule has 2 radical (unpaired) electrons. The average molecular weight is 347 g/mol. The zero-order valence-corrected chi connectivity index (χ0v) is 14.3. The number of hydrogen-bond acceptors (Lipinski definition) is 6. The van der Waals surface area contributed by atoms with E-state index in [1.54, 1.807) is 0 Å². The van der Waals surface area contributed by atoms with Gasteiger partial charge in [0.05, 0.1) is 0 Å². The molecule has 0 aliphatic heterocycles. The Balaban J connectivity index is 0. The van der Waals surface area contributed by atoms with E-state index >= 15 is 0 Å². The van der Waals surface area contributed by atoms with E-state index < -0.39 is 42.4 Å². The monoisotopic (exact) mass is 347 g/mol. The van der Waals surface area contributed by atoms with Crippen molar-refractivity contribution in [3.05, 3.63) is 0 Å². The Hall–Kier alpha value is -0.550. The maximum atomic E-state index is 11.5. The fourth-order valence-corrected chi connectivity index (χ4v) is 1.41. The van der Waals surface area contributed by atoms with Crippen molar-refractivity contribution in [2.75, 3.05) is 12.3 Å². The SMILES string of the molecule is N[C@@H](CCC(=O)N[C@@H](CS)C(=O)NCC(=O)O)C(=O)O.[Ca]. The number of carbonyl (C=O) groups excluding carboxylic acids is 2. The van der Waals surface area contributed by atoms with Gasteiger partial charge in [-0.05, 0) is 6.42 Å². The molecule has 0 fully saturated rings. The second kappa shape index (κ2) is 12.0. The van der Waals surface area contributed by atoms with E-state index in [0.29, 0.717) is 0 Å². The first kappa shape index (κ1) is 22.7. The van der Waals surface area contributed by atoms with Crippen LogP contribution >= 0.6 is 12.6 Å². The molecule has 0 spiro atoms. The normalized spacial score (nSPS) is 12.5. The second-order valence-corrected chi connectivity index (χ2v) is 4.26. The zero-order valence-electron chi connectivity index (χ0n) is 11.2. The van der Waals surface area contributed by atoms with Gasteiger partial charge in [0.25, 0.3) is 0 Å². The van der Waals surface area contributed by atoms with Gasteiger partial charge in [0, 0.05) is 49.9 Å². The standard InChI is InChI=1S/C10H17N3O6S.Ca/c11-5(10(18)19)1-2-7(14)13-6(4-20)9(17)12-3-8(15)16;/h5-6,20H,1-4,11H2,(H,12,17)(H,13,14)(H,15,16)(H,18,19);/t5-,6-;/m0./s1. The number of rotatable bonds is 9. The molecule has 0 aliphatic rings.